The van der Waals surface area contributed by atoms with E-state index in [0.29, 0.717) is 28.6 Å². The Bertz CT molecular complexity index is 1970. The molecule has 6 rings (SSSR count). The predicted octanol–water partition coefficient (Wildman–Crippen LogP) is 6.03. The topological polar surface area (TPSA) is 101 Å². The molecule has 0 amide bonds. The monoisotopic (exact) mass is 571 g/mol. The second-order valence-corrected chi connectivity index (χ2v) is 10.1. The number of pyridine rings is 3. The third kappa shape index (κ3) is 5.40. The molecular weight excluding hydrogens is 542 g/mol. The van der Waals surface area contributed by atoms with E-state index in [1.54, 1.807) is 78.6 Å². The highest BCUT2D eigenvalue weighted by atomic mass is 16.5. The van der Waals surface area contributed by atoms with Crippen LogP contribution in [0.5, 0.6) is 17.2 Å². The van der Waals surface area contributed by atoms with Gasteiger partial charge in [-0.1, -0.05) is 30.3 Å². The maximum Gasteiger partial charge on any atom is 0.278 e. The number of carbonyl (C=O) groups is 1. The number of rotatable bonds is 9. The molecule has 0 aliphatic carbocycles. The summed E-state index contributed by atoms with van der Waals surface area (Å²) in [4.78, 5) is 40.7. The SMILES string of the molecule is COc1ccc2c(Oc3ccc(CC(=O)c4c(-c5ccncc5)n(C)n([C@@H](C)c5ccccc5)c4=O)nc3)ccnc2c1. The van der Waals surface area contributed by atoms with Gasteiger partial charge in [0.15, 0.2) is 5.78 Å². The van der Waals surface area contributed by atoms with E-state index in [2.05, 4.69) is 15.0 Å². The Morgan fingerprint density at radius 1 is 0.907 bits per heavy atom. The van der Waals surface area contributed by atoms with Gasteiger partial charge < -0.3 is 9.47 Å². The van der Waals surface area contributed by atoms with E-state index < -0.39 is 0 Å². The highest BCUT2D eigenvalue weighted by molar-refractivity contribution is 6.02. The zero-order valence-corrected chi connectivity index (χ0v) is 24.0. The molecule has 0 aliphatic heterocycles. The van der Waals surface area contributed by atoms with Crippen molar-refractivity contribution in [2.45, 2.75) is 19.4 Å². The summed E-state index contributed by atoms with van der Waals surface area (Å²) in [6, 6.07) is 23.9. The van der Waals surface area contributed by atoms with Crippen LogP contribution in [-0.2, 0) is 13.5 Å². The van der Waals surface area contributed by atoms with E-state index in [1.807, 2.05) is 55.5 Å². The number of nitrogens with zero attached hydrogens (tertiary/aromatic N) is 5. The molecule has 9 nitrogen and oxygen atoms in total. The summed E-state index contributed by atoms with van der Waals surface area (Å²) in [5.74, 6) is 1.52. The van der Waals surface area contributed by atoms with Gasteiger partial charge in [0.1, 0.15) is 22.8 Å². The van der Waals surface area contributed by atoms with E-state index in [4.69, 9.17) is 9.47 Å². The van der Waals surface area contributed by atoms with Crippen LogP contribution in [0.1, 0.15) is 34.6 Å². The second kappa shape index (κ2) is 11.7. The van der Waals surface area contributed by atoms with E-state index in [-0.39, 0.29) is 29.4 Å². The van der Waals surface area contributed by atoms with E-state index in [1.165, 1.54) is 0 Å². The molecule has 0 spiro atoms. The summed E-state index contributed by atoms with van der Waals surface area (Å²) in [5, 5.41) is 0.830. The van der Waals surface area contributed by atoms with Crippen molar-refractivity contribution in [1.82, 2.24) is 24.3 Å². The Labute approximate surface area is 248 Å². The molecule has 214 valence electrons. The van der Waals surface area contributed by atoms with Gasteiger partial charge in [0.05, 0.1) is 37.0 Å². The van der Waals surface area contributed by atoms with Crippen LogP contribution in [0.15, 0.2) is 108 Å². The number of ketones is 1. The van der Waals surface area contributed by atoms with Gasteiger partial charge in [-0.2, -0.15) is 0 Å². The Morgan fingerprint density at radius 2 is 1.67 bits per heavy atom. The number of fused-ring (bicyclic) bond motifs is 1. The minimum Gasteiger partial charge on any atom is -0.497 e. The van der Waals surface area contributed by atoms with Crippen LogP contribution < -0.4 is 15.0 Å². The van der Waals surface area contributed by atoms with Crippen molar-refractivity contribution in [2.75, 3.05) is 7.11 Å². The first-order valence-electron chi connectivity index (χ1n) is 13.8. The predicted molar refractivity (Wildman–Crippen MR) is 164 cm³/mol. The van der Waals surface area contributed by atoms with Crippen LogP contribution in [0.2, 0.25) is 0 Å². The molecule has 9 heteroatoms. The Balaban J connectivity index is 1.29. The lowest BCUT2D eigenvalue weighted by Crippen LogP contribution is -2.28. The summed E-state index contributed by atoms with van der Waals surface area (Å²) in [6.45, 7) is 1.95. The highest BCUT2D eigenvalue weighted by Gasteiger charge is 2.27. The number of hydrogen-bond donors (Lipinski definition) is 0. The van der Waals surface area contributed by atoms with Crippen molar-refractivity contribution in [3.63, 3.8) is 0 Å². The molecule has 0 saturated heterocycles. The van der Waals surface area contributed by atoms with Crippen LogP contribution in [0.25, 0.3) is 22.2 Å². The summed E-state index contributed by atoms with van der Waals surface area (Å²) in [5.41, 5.74) is 3.27. The third-order valence-electron chi connectivity index (χ3n) is 7.46. The molecule has 43 heavy (non-hydrogen) atoms. The summed E-state index contributed by atoms with van der Waals surface area (Å²) < 4.78 is 14.8. The molecule has 0 N–H and O–H groups in total. The Hall–Kier alpha value is -5.57. The molecule has 0 radical (unpaired) electrons. The average Bonchev–Trinajstić information content (AvgIpc) is 3.31. The lowest BCUT2D eigenvalue weighted by Gasteiger charge is -2.17. The number of aromatic nitrogens is 5. The van der Waals surface area contributed by atoms with E-state index >= 15 is 0 Å². The van der Waals surface area contributed by atoms with Gasteiger partial charge in [-0.25, -0.2) is 4.68 Å². The van der Waals surface area contributed by atoms with Gasteiger partial charge in [-0.3, -0.25) is 29.2 Å². The largest absolute Gasteiger partial charge is 0.497 e. The summed E-state index contributed by atoms with van der Waals surface area (Å²) in [7, 11) is 3.41. The zero-order chi connectivity index (χ0) is 29.9. The smallest absolute Gasteiger partial charge is 0.278 e. The Morgan fingerprint density at radius 3 is 2.40 bits per heavy atom. The van der Waals surface area contributed by atoms with Crippen LogP contribution in [0.3, 0.4) is 0 Å². The van der Waals surface area contributed by atoms with Crippen molar-refractivity contribution in [3.8, 4) is 28.5 Å². The summed E-state index contributed by atoms with van der Waals surface area (Å²) in [6.07, 6.45) is 6.49. The van der Waals surface area contributed by atoms with Crippen molar-refractivity contribution in [2.24, 2.45) is 7.05 Å². The first-order chi connectivity index (χ1) is 20.9. The number of ether oxygens (including phenoxy) is 2. The second-order valence-electron chi connectivity index (χ2n) is 10.1. The lowest BCUT2D eigenvalue weighted by atomic mass is 10.0. The molecular formula is C34H29N5O4. The number of Topliss-reactive ketones (excluding diaryl/α,β-unsaturated/α-hetero) is 1. The molecule has 2 aromatic carbocycles. The van der Waals surface area contributed by atoms with Gasteiger partial charge in [0.2, 0.25) is 0 Å². The summed E-state index contributed by atoms with van der Waals surface area (Å²) >= 11 is 0. The lowest BCUT2D eigenvalue weighted by molar-refractivity contribution is 0.0991. The zero-order valence-electron chi connectivity index (χ0n) is 24.0. The molecule has 1 atom stereocenters. The fourth-order valence-electron chi connectivity index (χ4n) is 5.30. The van der Waals surface area contributed by atoms with Gasteiger partial charge in [-0.05, 0) is 55.0 Å². The molecule has 4 heterocycles. The molecule has 0 saturated carbocycles. The van der Waals surface area contributed by atoms with Crippen LogP contribution >= 0.6 is 0 Å². The fourth-order valence-corrected chi connectivity index (χ4v) is 5.30. The molecule has 0 unspecified atom stereocenters. The van der Waals surface area contributed by atoms with Crippen molar-refractivity contribution in [1.29, 1.82) is 0 Å². The fraction of sp³-hybridized carbons (Fsp3) is 0.147. The van der Waals surface area contributed by atoms with Crippen molar-refractivity contribution in [3.05, 3.63) is 131 Å². The number of benzene rings is 2. The maximum absolute atomic E-state index is 13.9. The molecule has 0 aliphatic rings. The quantitative estimate of drug-likeness (QED) is 0.195. The number of carbonyl (C=O) groups excluding carboxylic acids is 1. The van der Waals surface area contributed by atoms with Crippen LogP contribution in [0, 0.1) is 0 Å². The normalized spacial score (nSPS) is 11.8. The maximum atomic E-state index is 13.9. The van der Waals surface area contributed by atoms with E-state index in [0.717, 1.165) is 22.0 Å². The molecule has 0 fully saturated rings. The standard InChI is InChI=1S/C34H29N5O4/c1-22(23-7-5-4-6-8-23)39-34(41)32(33(38(39)2)24-13-16-35-17-14-24)30(40)19-25-9-10-27(21-37-25)43-31-15-18-36-29-20-26(42-3)11-12-28(29)31/h4-18,20-22H,19H2,1-3H3/t22-/m0/s1. The van der Waals surface area contributed by atoms with Crippen molar-refractivity contribution >= 4 is 16.7 Å². The first-order valence-corrected chi connectivity index (χ1v) is 13.8. The molecule has 4 aromatic heterocycles. The highest BCUT2D eigenvalue weighted by Crippen LogP contribution is 2.31. The average molecular weight is 572 g/mol. The minimum atomic E-state index is -0.350. The number of methoxy groups -OCH3 is 1. The third-order valence-corrected chi connectivity index (χ3v) is 7.46. The van der Waals surface area contributed by atoms with Crippen molar-refractivity contribution < 1.29 is 14.3 Å². The first kappa shape index (κ1) is 27.6. The van der Waals surface area contributed by atoms with Crippen LogP contribution in [-0.4, -0.2) is 37.2 Å². The molecule has 6 aromatic rings. The van der Waals surface area contributed by atoms with Gasteiger partial charge in [0.25, 0.3) is 5.56 Å². The van der Waals surface area contributed by atoms with Crippen LogP contribution in [0.4, 0.5) is 0 Å². The molecule has 0 bridgehead atoms. The van der Waals surface area contributed by atoms with E-state index in [9.17, 15) is 9.59 Å². The minimum absolute atomic E-state index is 0.0463. The Kier molecular flexibility index (Phi) is 7.53. The van der Waals surface area contributed by atoms with Gasteiger partial charge in [0, 0.05) is 48.3 Å². The van der Waals surface area contributed by atoms with Gasteiger partial charge >= 0.3 is 0 Å². The van der Waals surface area contributed by atoms with Gasteiger partial charge in [-0.15, -0.1) is 0 Å². The number of hydrogen-bond acceptors (Lipinski definition) is 7.